The zero-order valence-electron chi connectivity index (χ0n) is 17.3. The molecule has 0 amide bonds. The largest absolute Gasteiger partial charge is 0.485 e. The second-order valence-electron chi connectivity index (χ2n) is 7.39. The molecule has 0 unspecified atom stereocenters. The second kappa shape index (κ2) is 8.73. The number of hydrogen-bond donors (Lipinski definition) is 1. The zero-order valence-corrected chi connectivity index (χ0v) is 17.3. The van der Waals surface area contributed by atoms with Gasteiger partial charge in [-0.15, -0.1) is 0 Å². The Balaban J connectivity index is 1.45. The lowest BCUT2D eigenvalue weighted by Gasteiger charge is -2.25. The number of aryl methyl sites for hydroxylation is 1. The molecule has 1 aliphatic heterocycles. The van der Waals surface area contributed by atoms with Crippen molar-refractivity contribution in [3.63, 3.8) is 0 Å². The van der Waals surface area contributed by atoms with E-state index in [0.29, 0.717) is 17.8 Å². The number of pyridine rings is 1. The number of fused-ring (bicyclic) bond motifs is 1. The van der Waals surface area contributed by atoms with E-state index in [9.17, 15) is 0 Å². The first-order valence-electron chi connectivity index (χ1n) is 10.5. The number of anilines is 1. The van der Waals surface area contributed by atoms with Crippen LogP contribution in [0.2, 0.25) is 0 Å². The number of hydrogen-bond acceptors (Lipinski definition) is 8. The molecule has 0 radical (unpaired) electrons. The van der Waals surface area contributed by atoms with Crippen molar-refractivity contribution in [3.8, 4) is 17.2 Å². The highest BCUT2D eigenvalue weighted by atomic mass is 16.5. The van der Waals surface area contributed by atoms with Gasteiger partial charge in [-0.3, -0.25) is 0 Å². The molecule has 1 fully saturated rings. The Morgan fingerprint density at radius 2 is 2.00 bits per heavy atom. The Labute approximate surface area is 179 Å². The lowest BCUT2D eigenvalue weighted by Crippen LogP contribution is -2.28. The zero-order chi connectivity index (χ0) is 21.0. The van der Waals surface area contributed by atoms with Crippen LogP contribution in [0, 0.1) is 0 Å². The highest BCUT2D eigenvalue weighted by Crippen LogP contribution is 2.34. The average Bonchev–Trinajstić information content (AvgIpc) is 3.46. The van der Waals surface area contributed by atoms with Crippen LogP contribution in [-0.2, 0) is 17.9 Å². The maximum absolute atomic E-state index is 5.74. The van der Waals surface area contributed by atoms with Gasteiger partial charge in [0.15, 0.2) is 12.3 Å². The van der Waals surface area contributed by atoms with E-state index in [-0.39, 0.29) is 6.61 Å². The third-order valence-corrected chi connectivity index (χ3v) is 5.35. The number of rotatable bonds is 7. The van der Waals surface area contributed by atoms with Crippen LogP contribution in [0.3, 0.4) is 0 Å². The molecular weight excluding hydrogens is 396 g/mol. The van der Waals surface area contributed by atoms with Crippen LogP contribution >= 0.6 is 0 Å². The van der Waals surface area contributed by atoms with Crippen LogP contribution in [0.25, 0.3) is 22.5 Å². The Kier molecular flexibility index (Phi) is 5.49. The van der Waals surface area contributed by atoms with Gasteiger partial charge >= 0.3 is 0 Å². The molecule has 3 aromatic heterocycles. The summed E-state index contributed by atoms with van der Waals surface area (Å²) in [5.74, 6) is 1.63. The van der Waals surface area contributed by atoms with E-state index >= 15 is 0 Å². The minimum Gasteiger partial charge on any atom is -0.485 e. The van der Waals surface area contributed by atoms with Gasteiger partial charge in [-0.05, 0) is 31.9 Å². The van der Waals surface area contributed by atoms with Gasteiger partial charge < -0.3 is 19.3 Å². The Hall–Kier alpha value is -3.46. The molecule has 5 rings (SSSR count). The normalized spacial score (nSPS) is 14.7. The number of para-hydroxylation sites is 1. The lowest BCUT2D eigenvalue weighted by atomic mass is 10.1. The summed E-state index contributed by atoms with van der Waals surface area (Å²) in [6.07, 6.45) is 5.48. The van der Waals surface area contributed by atoms with Crippen LogP contribution in [0.15, 0.2) is 47.2 Å². The quantitative estimate of drug-likeness (QED) is 0.483. The first-order valence-corrected chi connectivity index (χ1v) is 10.5. The van der Waals surface area contributed by atoms with E-state index in [0.717, 1.165) is 60.6 Å². The van der Waals surface area contributed by atoms with Crippen LogP contribution in [0.5, 0.6) is 5.75 Å². The number of benzene rings is 1. The summed E-state index contributed by atoms with van der Waals surface area (Å²) in [4.78, 5) is 9.17. The first kappa shape index (κ1) is 19.5. The molecule has 0 saturated carbocycles. The maximum Gasteiger partial charge on any atom is 0.261 e. The van der Waals surface area contributed by atoms with E-state index in [2.05, 4.69) is 25.5 Å². The van der Waals surface area contributed by atoms with Crippen molar-refractivity contribution in [1.82, 2.24) is 24.9 Å². The molecule has 1 aromatic carbocycles. The average molecular weight is 420 g/mol. The van der Waals surface area contributed by atoms with E-state index in [4.69, 9.17) is 14.0 Å². The van der Waals surface area contributed by atoms with Crippen molar-refractivity contribution < 1.29 is 14.0 Å². The summed E-state index contributed by atoms with van der Waals surface area (Å²) in [5, 5.41) is 13.2. The fourth-order valence-electron chi connectivity index (χ4n) is 3.71. The predicted molar refractivity (Wildman–Crippen MR) is 115 cm³/mol. The van der Waals surface area contributed by atoms with Gasteiger partial charge in [-0.1, -0.05) is 23.4 Å². The Morgan fingerprint density at radius 3 is 2.81 bits per heavy atom. The third-order valence-electron chi connectivity index (χ3n) is 5.35. The van der Waals surface area contributed by atoms with E-state index in [1.165, 1.54) is 0 Å². The van der Waals surface area contributed by atoms with Gasteiger partial charge in [0.05, 0.1) is 22.8 Å². The van der Waals surface area contributed by atoms with Crippen molar-refractivity contribution in [1.29, 1.82) is 0 Å². The summed E-state index contributed by atoms with van der Waals surface area (Å²) in [5.41, 5.74) is 2.50. The van der Waals surface area contributed by atoms with Crippen molar-refractivity contribution in [3.05, 3.63) is 48.5 Å². The van der Waals surface area contributed by atoms with Gasteiger partial charge in [0.1, 0.15) is 5.75 Å². The van der Waals surface area contributed by atoms with E-state index in [1.54, 1.807) is 6.20 Å². The number of nitrogens with zero attached hydrogens (tertiary/aromatic N) is 5. The molecule has 0 aliphatic carbocycles. The first-order chi connectivity index (χ1) is 15.3. The fraction of sp³-hybridized carbons (Fsp3) is 0.364. The highest BCUT2D eigenvalue weighted by Gasteiger charge is 2.22. The molecule has 4 aromatic rings. The summed E-state index contributed by atoms with van der Waals surface area (Å²) < 4.78 is 18.7. The minimum absolute atomic E-state index is 0.222. The van der Waals surface area contributed by atoms with Crippen molar-refractivity contribution in [2.24, 2.45) is 0 Å². The van der Waals surface area contributed by atoms with Gasteiger partial charge in [0.2, 0.25) is 5.82 Å². The molecule has 160 valence electrons. The molecule has 9 nitrogen and oxygen atoms in total. The molecular formula is C22H24N6O3. The Bertz CT molecular complexity index is 1150. The van der Waals surface area contributed by atoms with Crippen molar-refractivity contribution in [2.75, 3.05) is 18.5 Å². The molecule has 1 aliphatic rings. The van der Waals surface area contributed by atoms with Crippen LogP contribution in [0.1, 0.15) is 25.6 Å². The summed E-state index contributed by atoms with van der Waals surface area (Å²) in [7, 11) is 0. The van der Waals surface area contributed by atoms with E-state index in [1.807, 2.05) is 48.1 Å². The second-order valence-corrected chi connectivity index (χ2v) is 7.39. The van der Waals surface area contributed by atoms with Crippen LogP contribution < -0.4 is 10.1 Å². The molecule has 0 bridgehead atoms. The summed E-state index contributed by atoms with van der Waals surface area (Å²) in [6.45, 7) is 4.51. The van der Waals surface area contributed by atoms with Gasteiger partial charge in [-0.2, -0.15) is 10.1 Å². The smallest absolute Gasteiger partial charge is 0.261 e. The Morgan fingerprint density at radius 1 is 1.16 bits per heavy atom. The minimum atomic E-state index is 0.222. The molecule has 4 heterocycles. The fourth-order valence-corrected chi connectivity index (χ4v) is 3.71. The summed E-state index contributed by atoms with van der Waals surface area (Å²) >= 11 is 0. The molecule has 0 atom stereocenters. The van der Waals surface area contributed by atoms with Gasteiger partial charge in [-0.25, -0.2) is 9.67 Å². The maximum atomic E-state index is 5.74. The third kappa shape index (κ3) is 4.09. The van der Waals surface area contributed by atoms with Crippen LogP contribution in [0.4, 0.5) is 5.69 Å². The highest BCUT2D eigenvalue weighted by molar-refractivity contribution is 5.96. The number of nitrogens with one attached hydrogen (secondary N) is 1. The molecule has 31 heavy (non-hydrogen) atoms. The van der Waals surface area contributed by atoms with Crippen molar-refractivity contribution in [2.45, 2.75) is 39.0 Å². The lowest BCUT2D eigenvalue weighted by molar-refractivity contribution is 0.0905. The monoisotopic (exact) mass is 420 g/mol. The van der Waals surface area contributed by atoms with Gasteiger partial charge in [0.25, 0.3) is 5.89 Å². The van der Waals surface area contributed by atoms with Crippen LogP contribution in [-0.4, -0.2) is 44.2 Å². The number of ether oxygens (including phenoxy) is 2. The topological polar surface area (TPSA) is 100 Å². The molecule has 9 heteroatoms. The molecule has 1 saturated heterocycles. The standard InChI is InChI=1S/C22H24N6O3/c1-2-28-21-17(13-24-28)20(25-15-8-10-29-11-9-15)18(12-23-21)22-26-19(27-31-22)14-30-16-6-4-3-5-7-16/h3-7,12-13,15H,2,8-11,14H2,1H3,(H,23,25). The van der Waals surface area contributed by atoms with Gasteiger partial charge in [0, 0.05) is 32.0 Å². The van der Waals surface area contributed by atoms with Crippen molar-refractivity contribution >= 4 is 16.7 Å². The SMILES string of the molecule is CCn1ncc2c(NC3CCOCC3)c(-c3nc(COc4ccccc4)no3)cnc21. The number of aromatic nitrogens is 5. The van der Waals surface area contributed by atoms with E-state index < -0.39 is 0 Å². The molecule has 0 spiro atoms. The molecule has 1 N–H and O–H groups in total. The predicted octanol–water partition coefficient (Wildman–Crippen LogP) is 3.67. The summed E-state index contributed by atoms with van der Waals surface area (Å²) in [6, 6.07) is 9.86.